The standard InChI is InChI=1S/C10H21F3N2/c1-4-9(14-5-2)7-15(6-3)8-10(11,12)13/h9,14H,4-8H2,1-3H3. The molecule has 5 heteroatoms. The summed E-state index contributed by atoms with van der Waals surface area (Å²) < 4.78 is 36.5. The van der Waals surface area contributed by atoms with Crippen molar-refractivity contribution in [3.05, 3.63) is 0 Å². The van der Waals surface area contributed by atoms with Gasteiger partial charge in [0.15, 0.2) is 0 Å². The fraction of sp³-hybridized carbons (Fsp3) is 1.00. The van der Waals surface area contributed by atoms with E-state index in [-0.39, 0.29) is 6.04 Å². The summed E-state index contributed by atoms with van der Waals surface area (Å²) in [4.78, 5) is 1.43. The number of hydrogen-bond donors (Lipinski definition) is 1. The highest BCUT2D eigenvalue weighted by Gasteiger charge is 2.30. The van der Waals surface area contributed by atoms with Crippen LogP contribution in [0.25, 0.3) is 0 Å². The van der Waals surface area contributed by atoms with E-state index in [1.165, 1.54) is 4.90 Å². The summed E-state index contributed by atoms with van der Waals surface area (Å²) in [5.41, 5.74) is 0. The van der Waals surface area contributed by atoms with E-state index in [2.05, 4.69) is 5.32 Å². The van der Waals surface area contributed by atoms with Crippen LogP contribution in [0, 0.1) is 0 Å². The Morgan fingerprint density at radius 2 is 1.80 bits per heavy atom. The highest BCUT2D eigenvalue weighted by atomic mass is 19.4. The summed E-state index contributed by atoms with van der Waals surface area (Å²) in [6.45, 7) is 6.57. The monoisotopic (exact) mass is 226 g/mol. The van der Waals surface area contributed by atoms with E-state index in [4.69, 9.17) is 0 Å². The van der Waals surface area contributed by atoms with Crippen LogP contribution in [0.15, 0.2) is 0 Å². The van der Waals surface area contributed by atoms with Gasteiger partial charge in [-0.15, -0.1) is 0 Å². The summed E-state index contributed by atoms with van der Waals surface area (Å²) in [6, 6.07) is 0.150. The van der Waals surface area contributed by atoms with E-state index in [1.54, 1.807) is 6.92 Å². The summed E-state index contributed by atoms with van der Waals surface area (Å²) in [5.74, 6) is 0. The van der Waals surface area contributed by atoms with Crippen molar-refractivity contribution >= 4 is 0 Å². The maximum absolute atomic E-state index is 12.2. The summed E-state index contributed by atoms with van der Waals surface area (Å²) >= 11 is 0. The number of hydrogen-bond acceptors (Lipinski definition) is 2. The molecule has 2 nitrogen and oxygen atoms in total. The highest BCUT2D eigenvalue weighted by Crippen LogP contribution is 2.16. The Kier molecular flexibility index (Phi) is 6.92. The Balaban J connectivity index is 4.06. The topological polar surface area (TPSA) is 15.3 Å². The normalized spacial score (nSPS) is 14.6. The fourth-order valence-corrected chi connectivity index (χ4v) is 1.50. The maximum Gasteiger partial charge on any atom is 0.401 e. The van der Waals surface area contributed by atoms with Gasteiger partial charge in [-0.1, -0.05) is 20.8 Å². The zero-order valence-electron chi connectivity index (χ0n) is 9.69. The van der Waals surface area contributed by atoms with Crippen molar-refractivity contribution in [1.82, 2.24) is 10.2 Å². The molecule has 0 radical (unpaired) electrons. The van der Waals surface area contributed by atoms with Crippen LogP contribution in [0.2, 0.25) is 0 Å². The lowest BCUT2D eigenvalue weighted by Crippen LogP contribution is -2.44. The van der Waals surface area contributed by atoms with Gasteiger partial charge in [0, 0.05) is 12.6 Å². The average molecular weight is 226 g/mol. The molecule has 0 aromatic carbocycles. The molecule has 0 saturated heterocycles. The Morgan fingerprint density at radius 1 is 1.20 bits per heavy atom. The van der Waals surface area contributed by atoms with Gasteiger partial charge < -0.3 is 5.32 Å². The largest absolute Gasteiger partial charge is 0.401 e. The molecule has 15 heavy (non-hydrogen) atoms. The van der Waals surface area contributed by atoms with Crippen molar-refractivity contribution in [2.24, 2.45) is 0 Å². The van der Waals surface area contributed by atoms with E-state index in [1.807, 2.05) is 13.8 Å². The Bertz CT molecular complexity index is 159. The second-order valence-corrected chi connectivity index (χ2v) is 3.61. The van der Waals surface area contributed by atoms with Gasteiger partial charge in [-0.25, -0.2) is 0 Å². The first-order chi connectivity index (χ1) is 6.92. The van der Waals surface area contributed by atoms with Gasteiger partial charge in [-0.3, -0.25) is 4.90 Å². The van der Waals surface area contributed by atoms with E-state index < -0.39 is 12.7 Å². The van der Waals surface area contributed by atoms with E-state index in [0.29, 0.717) is 13.1 Å². The molecule has 92 valence electrons. The molecule has 1 unspecified atom stereocenters. The van der Waals surface area contributed by atoms with Crippen molar-refractivity contribution in [2.45, 2.75) is 39.4 Å². The third-order valence-corrected chi connectivity index (χ3v) is 2.31. The molecule has 0 aliphatic rings. The molecule has 0 fully saturated rings. The molecule has 0 rings (SSSR count). The molecule has 0 amide bonds. The lowest BCUT2D eigenvalue weighted by atomic mass is 10.2. The van der Waals surface area contributed by atoms with Crippen LogP contribution in [-0.2, 0) is 0 Å². The second-order valence-electron chi connectivity index (χ2n) is 3.61. The maximum atomic E-state index is 12.2. The van der Waals surface area contributed by atoms with Crippen LogP contribution in [0.5, 0.6) is 0 Å². The zero-order valence-corrected chi connectivity index (χ0v) is 9.69. The van der Waals surface area contributed by atoms with Gasteiger partial charge in [-0.05, 0) is 19.5 Å². The SMILES string of the molecule is CCNC(CC)CN(CC)CC(F)(F)F. The van der Waals surface area contributed by atoms with Crippen LogP contribution in [0.4, 0.5) is 13.2 Å². The van der Waals surface area contributed by atoms with Gasteiger partial charge >= 0.3 is 6.18 Å². The van der Waals surface area contributed by atoms with Crippen molar-refractivity contribution in [3.8, 4) is 0 Å². The lowest BCUT2D eigenvalue weighted by molar-refractivity contribution is -0.146. The third-order valence-electron chi connectivity index (χ3n) is 2.31. The Labute approximate surface area is 89.8 Å². The highest BCUT2D eigenvalue weighted by molar-refractivity contribution is 4.71. The molecule has 0 saturated carbocycles. The van der Waals surface area contributed by atoms with Crippen molar-refractivity contribution in [1.29, 1.82) is 0 Å². The van der Waals surface area contributed by atoms with Gasteiger partial charge in [0.1, 0.15) is 0 Å². The molecule has 0 aromatic heterocycles. The molecule has 0 aliphatic carbocycles. The molecule has 1 N–H and O–H groups in total. The Morgan fingerprint density at radius 3 is 2.13 bits per heavy atom. The number of likely N-dealkylation sites (N-methyl/N-ethyl adjacent to an activating group) is 2. The van der Waals surface area contributed by atoms with E-state index in [9.17, 15) is 13.2 Å². The number of alkyl halides is 3. The second kappa shape index (κ2) is 7.06. The van der Waals surface area contributed by atoms with Gasteiger partial charge in [-0.2, -0.15) is 13.2 Å². The minimum atomic E-state index is -4.10. The Hall–Kier alpha value is -0.290. The molecule has 0 heterocycles. The molecular formula is C10H21F3N2. The smallest absolute Gasteiger partial charge is 0.313 e. The van der Waals surface area contributed by atoms with Crippen molar-refractivity contribution in [3.63, 3.8) is 0 Å². The first-order valence-electron chi connectivity index (χ1n) is 5.45. The molecule has 0 aliphatic heterocycles. The predicted octanol–water partition coefficient (Wildman–Crippen LogP) is 2.26. The fourth-order valence-electron chi connectivity index (χ4n) is 1.50. The zero-order chi connectivity index (χ0) is 11.9. The number of nitrogens with zero attached hydrogens (tertiary/aromatic N) is 1. The van der Waals surface area contributed by atoms with E-state index >= 15 is 0 Å². The van der Waals surface area contributed by atoms with Crippen molar-refractivity contribution < 1.29 is 13.2 Å². The van der Waals surface area contributed by atoms with Crippen LogP contribution in [-0.4, -0.2) is 43.3 Å². The first-order valence-corrected chi connectivity index (χ1v) is 5.45. The van der Waals surface area contributed by atoms with Crippen LogP contribution in [0.1, 0.15) is 27.2 Å². The number of rotatable bonds is 7. The minimum Gasteiger partial charge on any atom is -0.313 e. The minimum absolute atomic E-state index is 0.150. The predicted molar refractivity (Wildman–Crippen MR) is 55.9 cm³/mol. The van der Waals surface area contributed by atoms with E-state index in [0.717, 1.165) is 13.0 Å². The molecule has 1 atom stereocenters. The summed E-state index contributed by atoms with van der Waals surface area (Å²) in [6.07, 6.45) is -3.25. The lowest BCUT2D eigenvalue weighted by Gasteiger charge is -2.27. The van der Waals surface area contributed by atoms with Gasteiger partial charge in [0.05, 0.1) is 6.54 Å². The first kappa shape index (κ1) is 14.7. The average Bonchev–Trinajstić information content (AvgIpc) is 2.13. The van der Waals surface area contributed by atoms with Crippen molar-refractivity contribution in [2.75, 3.05) is 26.2 Å². The molecular weight excluding hydrogens is 205 g/mol. The number of halogens is 3. The molecule has 0 bridgehead atoms. The van der Waals surface area contributed by atoms with Gasteiger partial charge in [0.2, 0.25) is 0 Å². The van der Waals surface area contributed by atoms with Gasteiger partial charge in [0.25, 0.3) is 0 Å². The molecule has 0 aromatic rings. The summed E-state index contributed by atoms with van der Waals surface area (Å²) in [7, 11) is 0. The third kappa shape index (κ3) is 7.62. The molecule has 0 spiro atoms. The number of nitrogens with one attached hydrogen (secondary N) is 1. The van der Waals surface area contributed by atoms with Crippen LogP contribution in [0.3, 0.4) is 0 Å². The van der Waals surface area contributed by atoms with Crippen LogP contribution >= 0.6 is 0 Å². The van der Waals surface area contributed by atoms with Crippen LogP contribution < -0.4 is 5.32 Å². The quantitative estimate of drug-likeness (QED) is 0.716. The summed E-state index contributed by atoms with van der Waals surface area (Å²) in [5, 5.41) is 3.17.